The Kier molecular flexibility index (Phi) is 3.88. The maximum absolute atomic E-state index is 5.46. The summed E-state index contributed by atoms with van der Waals surface area (Å²) in [5.74, 6) is 0. The Labute approximate surface area is 101 Å². The smallest absolute Gasteiger partial charge is 0.0831 e. The van der Waals surface area contributed by atoms with Crippen LogP contribution in [0.1, 0.15) is 24.1 Å². The minimum atomic E-state index is 0.742. The molecular weight excluding hydrogens is 212 g/mol. The predicted octanol–water partition coefficient (Wildman–Crippen LogP) is 1.86. The van der Waals surface area contributed by atoms with E-state index in [1.165, 1.54) is 5.56 Å². The van der Waals surface area contributed by atoms with Crippen LogP contribution in [0.15, 0.2) is 30.5 Å². The number of unbranched alkanes of at least 4 members (excludes halogenated alkanes) is 1. The van der Waals surface area contributed by atoms with E-state index in [1.807, 2.05) is 23.0 Å². The number of hydrogen-bond donors (Lipinski definition) is 1. The third kappa shape index (κ3) is 3.14. The Morgan fingerprint density at radius 3 is 2.65 bits per heavy atom. The highest BCUT2D eigenvalue weighted by atomic mass is 15.4. The first-order chi connectivity index (χ1) is 8.29. The van der Waals surface area contributed by atoms with E-state index < -0.39 is 0 Å². The molecule has 1 heterocycles. The largest absolute Gasteiger partial charge is 0.330 e. The summed E-state index contributed by atoms with van der Waals surface area (Å²) in [4.78, 5) is 0. The van der Waals surface area contributed by atoms with Crippen LogP contribution in [0.2, 0.25) is 0 Å². The van der Waals surface area contributed by atoms with Crippen LogP contribution in [0.5, 0.6) is 0 Å². The number of rotatable bonds is 5. The van der Waals surface area contributed by atoms with Gasteiger partial charge in [0.05, 0.1) is 17.6 Å². The minimum Gasteiger partial charge on any atom is -0.330 e. The van der Waals surface area contributed by atoms with Gasteiger partial charge in [-0.2, -0.15) is 0 Å². The number of benzene rings is 1. The van der Waals surface area contributed by atoms with E-state index in [1.54, 1.807) is 0 Å². The van der Waals surface area contributed by atoms with E-state index in [4.69, 9.17) is 5.73 Å². The second-order valence-corrected chi connectivity index (χ2v) is 4.24. The second-order valence-electron chi connectivity index (χ2n) is 4.24. The van der Waals surface area contributed by atoms with E-state index in [-0.39, 0.29) is 0 Å². The quantitative estimate of drug-likeness (QED) is 0.798. The fourth-order valence-electron chi connectivity index (χ4n) is 1.69. The molecule has 4 heteroatoms. The Morgan fingerprint density at radius 1 is 1.18 bits per heavy atom. The zero-order valence-corrected chi connectivity index (χ0v) is 10.1. The van der Waals surface area contributed by atoms with Crippen molar-refractivity contribution >= 4 is 0 Å². The molecule has 2 aromatic rings. The second kappa shape index (κ2) is 5.59. The molecule has 90 valence electrons. The zero-order valence-electron chi connectivity index (χ0n) is 10.1. The maximum Gasteiger partial charge on any atom is 0.0831 e. The number of nitrogens with zero attached hydrogens (tertiary/aromatic N) is 3. The summed E-state index contributed by atoms with van der Waals surface area (Å²) < 4.78 is 1.82. The van der Waals surface area contributed by atoms with E-state index >= 15 is 0 Å². The summed E-state index contributed by atoms with van der Waals surface area (Å²) in [6.07, 6.45) is 5.05. The van der Waals surface area contributed by atoms with Crippen LogP contribution in [0.3, 0.4) is 0 Å². The van der Waals surface area contributed by atoms with Crippen molar-refractivity contribution in [1.29, 1.82) is 0 Å². The third-order valence-corrected chi connectivity index (χ3v) is 2.73. The van der Waals surface area contributed by atoms with Gasteiger partial charge in [0.1, 0.15) is 0 Å². The summed E-state index contributed by atoms with van der Waals surface area (Å²) in [6, 6.07) is 8.25. The highest BCUT2D eigenvalue weighted by Crippen LogP contribution is 2.09. The van der Waals surface area contributed by atoms with Crippen LogP contribution >= 0.6 is 0 Å². The van der Waals surface area contributed by atoms with Crippen molar-refractivity contribution in [2.24, 2.45) is 5.73 Å². The molecule has 0 aliphatic carbocycles. The monoisotopic (exact) mass is 230 g/mol. The molecule has 1 aromatic heterocycles. The predicted molar refractivity (Wildman–Crippen MR) is 68.1 cm³/mol. The first-order valence-electron chi connectivity index (χ1n) is 5.98. The Balaban J connectivity index is 2.04. The van der Waals surface area contributed by atoms with E-state index in [9.17, 15) is 0 Å². The fourth-order valence-corrected chi connectivity index (χ4v) is 1.69. The summed E-state index contributed by atoms with van der Waals surface area (Å²) in [6.45, 7) is 2.81. The lowest BCUT2D eigenvalue weighted by atomic mass is 10.2. The molecule has 17 heavy (non-hydrogen) atoms. The van der Waals surface area contributed by atoms with Gasteiger partial charge in [-0.05, 0) is 44.9 Å². The molecule has 0 unspecified atom stereocenters. The molecule has 0 spiro atoms. The highest BCUT2D eigenvalue weighted by molar-refractivity contribution is 5.33. The molecule has 0 aliphatic heterocycles. The molecule has 0 saturated heterocycles. The molecule has 0 fully saturated rings. The Hall–Kier alpha value is -1.68. The average Bonchev–Trinajstić information content (AvgIpc) is 2.79. The van der Waals surface area contributed by atoms with Crippen LogP contribution in [0.25, 0.3) is 5.69 Å². The Bertz CT molecular complexity index is 459. The molecule has 2 N–H and O–H groups in total. The molecule has 1 aromatic carbocycles. The van der Waals surface area contributed by atoms with Gasteiger partial charge in [0.15, 0.2) is 0 Å². The molecular formula is C13H18N4. The number of aryl methyl sites for hydroxylation is 2. The minimum absolute atomic E-state index is 0.742. The molecule has 4 nitrogen and oxygen atoms in total. The highest BCUT2D eigenvalue weighted by Gasteiger charge is 2.02. The van der Waals surface area contributed by atoms with Crippen LogP contribution in [-0.4, -0.2) is 21.5 Å². The average molecular weight is 230 g/mol. The maximum atomic E-state index is 5.46. The van der Waals surface area contributed by atoms with Gasteiger partial charge in [-0.3, -0.25) is 0 Å². The van der Waals surface area contributed by atoms with Gasteiger partial charge in [-0.25, -0.2) is 4.68 Å². The van der Waals surface area contributed by atoms with Gasteiger partial charge in [0.25, 0.3) is 0 Å². The summed E-state index contributed by atoms with van der Waals surface area (Å²) in [5, 5.41) is 8.29. The van der Waals surface area contributed by atoms with Crippen molar-refractivity contribution in [1.82, 2.24) is 15.0 Å². The molecule has 0 aliphatic rings. The van der Waals surface area contributed by atoms with Gasteiger partial charge >= 0.3 is 0 Å². The van der Waals surface area contributed by atoms with E-state index in [2.05, 4.69) is 29.4 Å². The molecule has 0 saturated carbocycles. The summed E-state index contributed by atoms with van der Waals surface area (Å²) in [5.41, 5.74) is 8.79. The van der Waals surface area contributed by atoms with Crippen LogP contribution in [-0.2, 0) is 6.42 Å². The zero-order chi connectivity index (χ0) is 12.1. The summed E-state index contributed by atoms with van der Waals surface area (Å²) >= 11 is 0. The normalized spacial score (nSPS) is 10.7. The van der Waals surface area contributed by atoms with Crippen LogP contribution in [0, 0.1) is 6.92 Å². The number of aromatic nitrogens is 3. The van der Waals surface area contributed by atoms with Gasteiger partial charge in [0.2, 0.25) is 0 Å². The summed E-state index contributed by atoms with van der Waals surface area (Å²) in [7, 11) is 0. The Morgan fingerprint density at radius 2 is 1.94 bits per heavy atom. The van der Waals surface area contributed by atoms with Crippen molar-refractivity contribution < 1.29 is 0 Å². The standard InChI is InChI=1S/C13H18N4/c1-11-5-7-13(8-6-11)17-10-12(15-16-17)4-2-3-9-14/h5-8,10H,2-4,9,14H2,1H3. The van der Waals surface area contributed by atoms with Crippen molar-refractivity contribution in [2.45, 2.75) is 26.2 Å². The van der Waals surface area contributed by atoms with Crippen molar-refractivity contribution in [3.63, 3.8) is 0 Å². The van der Waals surface area contributed by atoms with E-state index in [0.29, 0.717) is 0 Å². The van der Waals surface area contributed by atoms with Gasteiger partial charge < -0.3 is 5.73 Å². The van der Waals surface area contributed by atoms with Gasteiger partial charge in [0, 0.05) is 0 Å². The van der Waals surface area contributed by atoms with Crippen molar-refractivity contribution in [3.8, 4) is 5.69 Å². The topological polar surface area (TPSA) is 56.7 Å². The molecule has 0 bridgehead atoms. The third-order valence-electron chi connectivity index (χ3n) is 2.73. The van der Waals surface area contributed by atoms with E-state index in [0.717, 1.165) is 37.2 Å². The van der Waals surface area contributed by atoms with Crippen LogP contribution < -0.4 is 5.73 Å². The molecule has 0 amide bonds. The lowest BCUT2D eigenvalue weighted by Crippen LogP contribution is -1.99. The lowest BCUT2D eigenvalue weighted by molar-refractivity contribution is 0.727. The number of hydrogen-bond acceptors (Lipinski definition) is 3. The first kappa shape index (κ1) is 11.8. The van der Waals surface area contributed by atoms with Crippen molar-refractivity contribution in [3.05, 3.63) is 41.7 Å². The van der Waals surface area contributed by atoms with Crippen LogP contribution in [0.4, 0.5) is 0 Å². The fraction of sp³-hybridized carbons (Fsp3) is 0.385. The number of nitrogens with two attached hydrogens (primary N) is 1. The molecule has 0 atom stereocenters. The first-order valence-corrected chi connectivity index (χ1v) is 5.98. The molecule has 0 radical (unpaired) electrons. The van der Waals surface area contributed by atoms with Gasteiger partial charge in [-0.15, -0.1) is 5.10 Å². The SMILES string of the molecule is Cc1ccc(-n2cc(CCCCN)nn2)cc1. The van der Waals surface area contributed by atoms with Crippen molar-refractivity contribution in [2.75, 3.05) is 6.54 Å². The molecule has 2 rings (SSSR count). The lowest BCUT2D eigenvalue weighted by Gasteiger charge is -1.99. The van der Waals surface area contributed by atoms with Gasteiger partial charge in [-0.1, -0.05) is 22.9 Å².